The number of H-pyrrole nitrogens is 1. The van der Waals surface area contributed by atoms with Crippen molar-refractivity contribution in [3.8, 4) is 5.88 Å². The molecule has 1 aliphatic heterocycles. The van der Waals surface area contributed by atoms with Crippen molar-refractivity contribution in [3.63, 3.8) is 0 Å². The first-order valence-electron chi connectivity index (χ1n) is 6.61. The summed E-state index contributed by atoms with van der Waals surface area (Å²) in [6.45, 7) is 3.05. The van der Waals surface area contributed by atoms with Crippen LogP contribution in [0.1, 0.15) is 19.8 Å². The van der Waals surface area contributed by atoms with Gasteiger partial charge in [-0.05, 0) is 18.8 Å². The topological polar surface area (TPSA) is 118 Å². The molecule has 1 fully saturated rings. The van der Waals surface area contributed by atoms with E-state index >= 15 is 0 Å². The smallest absolute Gasteiger partial charge is 0.395 e. The number of hydrogen-bond donors (Lipinski definition) is 1. The number of carbonyl (C=O) groups excluding carboxylic acids is 1. The van der Waals surface area contributed by atoms with Crippen LogP contribution in [0, 0.1) is 16.0 Å². The van der Waals surface area contributed by atoms with Gasteiger partial charge in [0.05, 0.1) is 11.3 Å². The van der Waals surface area contributed by atoms with Crippen LogP contribution >= 0.6 is 0 Å². The van der Waals surface area contributed by atoms with Crippen LogP contribution in [-0.4, -0.2) is 45.4 Å². The normalized spacial score (nSPS) is 15.8. The Morgan fingerprint density at radius 3 is 2.86 bits per heavy atom. The minimum atomic E-state index is -0.913. The van der Waals surface area contributed by atoms with Crippen LogP contribution in [0.2, 0.25) is 0 Å². The highest BCUT2D eigenvalue weighted by Gasteiger charge is 2.25. The van der Waals surface area contributed by atoms with Crippen LogP contribution < -0.4 is 10.3 Å². The van der Waals surface area contributed by atoms with E-state index in [0.717, 1.165) is 19.2 Å². The van der Waals surface area contributed by atoms with Crippen molar-refractivity contribution < 1.29 is 14.5 Å². The molecular formula is C12H16N4O5. The molecule has 0 atom stereocenters. The lowest BCUT2D eigenvalue weighted by atomic mass is 9.99. The zero-order valence-corrected chi connectivity index (χ0v) is 11.6. The molecule has 1 saturated heterocycles. The molecule has 21 heavy (non-hydrogen) atoms. The number of aromatic nitrogens is 2. The average molecular weight is 296 g/mol. The molecule has 114 valence electrons. The molecule has 0 aliphatic carbocycles. The number of aromatic amines is 1. The molecular weight excluding hydrogens is 280 g/mol. The second kappa shape index (κ2) is 6.33. The molecule has 0 unspecified atom stereocenters. The van der Waals surface area contributed by atoms with Crippen molar-refractivity contribution in [1.29, 1.82) is 0 Å². The summed E-state index contributed by atoms with van der Waals surface area (Å²) in [5, 5.41) is 10.8. The summed E-state index contributed by atoms with van der Waals surface area (Å²) in [5.74, 6) is -0.119. The van der Waals surface area contributed by atoms with Gasteiger partial charge in [0.15, 0.2) is 6.61 Å². The van der Waals surface area contributed by atoms with Gasteiger partial charge in [-0.2, -0.15) is 4.98 Å². The Balaban J connectivity index is 2.00. The van der Waals surface area contributed by atoms with E-state index in [1.165, 1.54) is 0 Å². The van der Waals surface area contributed by atoms with Crippen molar-refractivity contribution in [3.05, 3.63) is 26.8 Å². The Bertz CT molecular complexity index is 592. The minimum absolute atomic E-state index is 0.265. The molecule has 2 heterocycles. The number of hydrogen-bond acceptors (Lipinski definition) is 6. The Kier molecular flexibility index (Phi) is 4.51. The van der Waals surface area contributed by atoms with Gasteiger partial charge >= 0.3 is 17.1 Å². The first kappa shape index (κ1) is 14.9. The second-order valence-corrected chi connectivity index (χ2v) is 4.99. The summed E-state index contributed by atoms with van der Waals surface area (Å²) in [5.41, 5.74) is -1.71. The standard InChI is InChI=1S/C12H16N4O5/c1-8-2-4-15(5-3-8)9(17)6-21-12-10(16(19)20)11(18)13-7-14-12/h7-8H,2-6H2,1H3,(H,13,14,18). The summed E-state index contributed by atoms with van der Waals surface area (Å²) >= 11 is 0. The van der Waals surface area contributed by atoms with E-state index in [4.69, 9.17) is 4.74 Å². The number of nitrogens with one attached hydrogen (secondary N) is 1. The number of likely N-dealkylation sites (tertiary alicyclic amines) is 1. The van der Waals surface area contributed by atoms with Crippen molar-refractivity contribution in [2.75, 3.05) is 19.7 Å². The van der Waals surface area contributed by atoms with E-state index in [-0.39, 0.29) is 12.5 Å². The molecule has 0 bridgehead atoms. The highest BCUT2D eigenvalue weighted by molar-refractivity contribution is 5.77. The van der Waals surface area contributed by atoms with Gasteiger partial charge in [-0.15, -0.1) is 0 Å². The molecule has 1 aliphatic rings. The van der Waals surface area contributed by atoms with E-state index < -0.39 is 22.0 Å². The second-order valence-electron chi connectivity index (χ2n) is 4.99. The minimum Gasteiger partial charge on any atom is -0.463 e. The van der Waals surface area contributed by atoms with Crippen LogP contribution in [0.15, 0.2) is 11.1 Å². The number of piperidine rings is 1. The van der Waals surface area contributed by atoms with Gasteiger partial charge in [0, 0.05) is 13.1 Å². The fourth-order valence-electron chi connectivity index (χ4n) is 2.12. The van der Waals surface area contributed by atoms with Gasteiger partial charge in [0.25, 0.3) is 5.91 Å². The quantitative estimate of drug-likeness (QED) is 0.631. The number of ether oxygens (including phenoxy) is 1. The van der Waals surface area contributed by atoms with Gasteiger partial charge in [0.1, 0.15) is 0 Å². The molecule has 0 saturated carbocycles. The molecule has 0 aromatic carbocycles. The third-order valence-corrected chi connectivity index (χ3v) is 3.45. The summed E-state index contributed by atoms with van der Waals surface area (Å²) in [7, 11) is 0. The first-order chi connectivity index (χ1) is 9.99. The Morgan fingerprint density at radius 1 is 1.57 bits per heavy atom. The third kappa shape index (κ3) is 3.56. The number of carbonyl (C=O) groups is 1. The summed E-state index contributed by atoms with van der Waals surface area (Å²) < 4.78 is 5.06. The van der Waals surface area contributed by atoms with Crippen LogP contribution in [0.4, 0.5) is 5.69 Å². The third-order valence-electron chi connectivity index (χ3n) is 3.45. The van der Waals surface area contributed by atoms with Crippen molar-refractivity contribution in [2.24, 2.45) is 5.92 Å². The largest absolute Gasteiger partial charge is 0.463 e. The molecule has 1 aromatic rings. The van der Waals surface area contributed by atoms with Crippen LogP contribution in [0.3, 0.4) is 0 Å². The van der Waals surface area contributed by atoms with Crippen molar-refractivity contribution in [2.45, 2.75) is 19.8 Å². The van der Waals surface area contributed by atoms with E-state index in [1.54, 1.807) is 4.90 Å². The van der Waals surface area contributed by atoms with E-state index in [1.807, 2.05) is 0 Å². The molecule has 1 N–H and O–H groups in total. The lowest BCUT2D eigenvalue weighted by molar-refractivity contribution is -0.387. The summed E-state index contributed by atoms with van der Waals surface area (Å²) in [4.78, 5) is 40.6. The lowest BCUT2D eigenvalue weighted by Crippen LogP contribution is -2.40. The van der Waals surface area contributed by atoms with Gasteiger partial charge in [-0.1, -0.05) is 6.92 Å². The van der Waals surface area contributed by atoms with E-state index in [9.17, 15) is 19.7 Å². The van der Waals surface area contributed by atoms with Gasteiger partial charge in [0.2, 0.25) is 0 Å². The highest BCUT2D eigenvalue weighted by Crippen LogP contribution is 2.19. The number of amides is 1. The maximum absolute atomic E-state index is 12.0. The SMILES string of the molecule is CC1CCN(C(=O)COc2nc[nH]c(=O)c2[N+](=O)[O-])CC1. The molecule has 1 aromatic heterocycles. The maximum Gasteiger partial charge on any atom is 0.395 e. The van der Waals surface area contributed by atoms with E-state index in [2.05, 4.69) is 16.9 Å². The van der Waals surface area contributed by atoms with Crippen LogP contribution in [-0.2, 0) is 4.79 Å². The number of nitrogens with zero attached hydrogens (tertiary/aromatic N) is 3. The van der Waals surface area contributed by atoms with Gasteiger partial charge in [-0.25, -0.2) is 0 Å². The van der Waals surface area contributed by atoms with Crippen LogP contribution in [0.25, 0.3) is 0 Å². The molecule has 0 radical (unpaired) electrons. The Hall–Kier alpha value is -2.45. The predicted octanol–water partition coefficient (Wildman–Crippen LogP) is 0.315. The van der Waals surface area contributed by atoms with Crippen molar-refractivity contribution >= 4 is 11.6 Å². The molecule has 1 amide bonds. The van der Waals surface area contributed by atoms with Gasteiger partial charge in [-0.3, -0.25) is 19.7 Å². The number of rotatable bonds is 4. The molecule has 0 spiro atoms. The lowest BCUT2D eigenvalue weighted by Gasteiger charge is -2.30. The molecule has 9 nitrogen and oxygen atoms in total. The van der Waals surface area contributed by atoms with E-state index in [0.29, 0.717) is 19.0 Å². The zero-order valence-electron chi connectivity index (χ0n) is 11.6. The Labute approximate surface area is 120 Å². The maximum atomic E-state index is 12.0. The van der Waals surface area contributed by atoms with Crippen LogP contribution in [0.5, 0.6) is 5.88 Å². The zero-order chi connectivity index (χ0) is 15.4. The fourth-order valence-corrected chi connectivity index (χ4v) is 2.12. The molecule has 9 heteroatoms. The number of nitro groups is 1. The monoisotopic (exact) mass is 296 g/mol. The summed E-state index contributed by atoms with van der Waals surface area (Å²) in [6, 6.07) is 0. The van der Waals surface area contributed by atoms with Crippen molar-refractivity contribution in [1.82, 2.24) is 14.9 Å². The Morgan fingerprint density at radius 2 is 2.24 bits per heavy atom. The highest BCUT2D eigenvalue weighted by atomic mass is 16.6. The fraction of sp³-hybridized carbons (Fsp3) is 0.583. The summed E-state index contributed by atoms with van der Waals surface area (Å²) in [6.07, 6.45) is 2.85. The van der Waals surface area contributed by atoms with Gasteiger partial charge < -0.3 is 14.6 Å². The average Bonchev–Trinajstić information content (AvgIpc) is 2.45. The first-order valence-corrected chi connectivity index (χ1v) is 6.61. The predicted molar refractivity (Wildman–Crippen MR) is 72.0 cm³/mol. The molecule has 2 rings (SSSR count).